The Labute approximate surface area is 140 Å². The molecule has 4 heteroatoms. The molecule has 1 saturated heterocycles. The summed E-state index contributed by atoms with van der Waals surface area (Å²) in [5.74, 6) is -1.00. The van der Waals surface area contributed by atoms with Gasteiger partial charge in [0.25, 0.3) is 0 Å². The maximum Gasteiger partial charge on any atom is 0.354 e. The van der Waals surface area contributed by atoms with Gasteiger partial charge in [-0.05, 0) is 36.6 Å². The van der Waals surface area contributed by atoms with E-state index < -0.39 is 5.97 Å². The average molecular weight is 318 g/mol. The van der Waals surface area contributed by atoms with Gasteiger partial charge in [0.05, 0.1) is 5.52 Å². The Bertz CT molecular complexity index is 914. The summed E-state index contributed by atoms with van der Waals surface area (Å²) in [4.78, 5) is 18.0. The Hall–Kier alpha value is -2.88. The third kappa shape index (κ3) is 2.60. The third-order valence-corrected chi connectivity index (χ3v) is 4.57. The molecule has 0 amide bonds. The smallest absolute Gasteiger partial charge is 0.354 e. The molecule has 0 atom stereocenters. The SMILES string of the molecule is O=C(O)c1ccc2cccc(-c3cccc(N4CCCC4)c3)c2n1. The number of aromatic carboxylic acids is 1. The zero-order chi connectivity index (χ0) is 16.5. The van der Waals surface area contributed by atoms with Crippen LogP contribution in [0.5, 0.6) is 0 Å². The fourth-order valence-corrected chi connectivity index (χ4v) is 3.34. The molecule has 1 N–H and O–H groups in total. The zero-order valence-electron chi connectivity index (χ0n) is 13.3. The van der Waals surface area contributed by atoms with Crippen molar-refractivity contribution >= 4 is 22.6 Å². The Morgan fingerprint density at radius 2 is 1.79 bits per heavy atom. The summed E-state index contributed by atoms with van der Waals surface area (Å²) in [6, 6.07) is 17.8. The second kappa shape index (κ2) is 5.96. The van der Waals surface area contributed by atoms with E-state index in [0.717, 1.165) is 35.1 Å². The molecule has 0 bridgehead atoms. The highest BCUT2D eigenvalue weighted by molar-refractivity contribution is 5.97. The first-order chi connectivity index (χ1) is 11.7. The largest absolute Gasteiger partial charge is 0.477 e. The molecule has 2 aromatic carbocycles. The number of nitrogens with zero attached hydrogens (tertiary/aromatic N) is 2. The summed E-state index contributed by atoms with van der Waals surface area (Å²) in [5.41, 5.74) is 4.06. The highest BCUT2D eigenvalue weighted by Gasteiger charge is 2.14. The van der Waals surface area contributed by atoms with Crippen molar-refractivity contribution in [3.05, 3.63) is 60.3 Å². The lowest BCUT2D eigenvalue weighted by Crippen LogP contribution is -2.17. The molecule has 0 radical (unpaired) electrons. The minimum absolute atomic E-state index is 0.0747. The molecule has 0 spiro atoms. The van der Waals surface area contributed by atoms with Gasteiger partial charge in [-0.1, -0.05) is 36.4 Å². The summed E-state index contributed by atoms with van der Waals surface area (Å²) in [6.07, 6.45) is 2.48. The van der Waals surface area contributed by atoms with Gasteiger partial charge in [0, 0.05) is 29.7 Å². The molecular formula is C20H18N2O2. The molecule has 3 aromatic rings. The number of benzene rings is 2. The molecule has 1 aromatic heterocycles. The van der Waals surface area contributed by atoms with Crippen molar-refractivity contribution in [1.29, 1.82) is 0 Å². The number of carbonyl (C=O) groups is 1. The van der Waals surface area contributed by atoms with E-state index in [1.54, 1.807) is 6.07 Å². The first kappa shape index (κ1) is 14.7. The Kier molecular flexibility index (Phi) is 3.65. The van der Waals surface area contributed by atoms with Crippen molar-refractivity contribution in [2.45, 2.75) is 12.8 Å². The average Bonchev–Trinajstić information content (AvgIpc) is 3.15. The quantitative estimate of drug-likeness (QED) is 0.786. The molecule has 120 valence electrons. The summed E-state index contributed by atoms with van der Waals surface area (Å²) < 4.78 is 0. The molecule has 24 heavy (non-hydrogen) atoms. The summed E-state index contributed by atoms with van der Waals surface area (Å²) in [6.45, 7) is 2.20. The Morgan fingerprint density at radius 3 is 2.58 bits per heavy atom. The van der Waals surface area contributed by atoms with Crippen molar-refractivity contribution < 1.29 is 9.90 Å². The predicted octanol–water partition coefficient (Wildman–Crippen LogP) is 4.20. The fourth-order valence-electron chi connectivity index (χ4n) is 3.34. The minimum Gasteiger partial charge on any atom is -0.477 e. The van der Waals surface area contributed by atoms with Crippen LogP contribution in [0, 0.1) is 0 Å². The molecule has 0 saturated carbocycles. The first-order valence-corrected chi connectivity index (χ1v) is 8.21. The predicted molar refractivity (Wildman–Crippen MR) is 95.6 cm³/mol. The van der Waals surface area contributed by atoms with Crippen molar-refractivity contribution in [2.75, 3.05) is 18.0 Å². The number of fused-ring (bicyclic) bond motifs is 1. The van der Waals surface area contributed by atoms with E-state index in [-0.39, 0.29) is 5.69 Å². The fraction of sp³-hybridized carbons (Fsp3) is 0.200. The highest BCUT2D eigenvalue weighted by atomic mass is 16.4. The van der Waals surface area contributed by atoms with Crippen LogP contribution < -0.4 is 4.90 Å². The van der Waals surface area contributed by atoms with E-state index in [4.69, 9.17) is 0 Å². The van der Waals surface area contributed by atoms with E-state index in [1.807, 2.05) is 24.3 Å². The number of aromatic nitrogens is 1. The zero-order valence-corrected chi connectivity index (χ0v) is 13.3. The van der Waals surface area contributed by atoms with Gasteiger partial charge in [0.15, 0.2) is 0 Å². The van der Waals surface area contributed by atoms with E-state index in [2.05, 4.69) is 34.1 Å². The van der Waals surface area contributed by atoms with Crippen LogP contribution in [0.15, 0.2) is 54.6 Å². The first-order valence-electron chi connectivity index (χ1n) is 8.21. The van der Waals surface area contributed by atoms with Crippen molar-refractivity contribution in [3.8, 4) is 11.1 Å². The van der Waals surface area contributed by atoms with Crippen LogP contribution in [0.25, 0.3) is 22.0 Å². The molecular weight excluding hydrogens is 300 g/mol. The monoisotopic (exact) mass is 318 g/mol. The van der Waals surface area contributed by atoms with E-state index in [1.165, 1.54) is 18.5 Å². The Balaban J connectivity index is 1.85. The highest BCUT2D eigenvalue weighted by Crippen LogP contribution is 2.31. The second-order valence-corrected chi connectivity index (χ2v) is 6.12. The van der Waals surface area contributed by atoms with Crippen LogP contribution >= 0.6 is 0 Å². The topological polar surface area (TPSA) is 53.4 Å². The van der Waals surface area contributed by atoms with Gasteiger partial charge in [-0.3, -0.25) is 0 Å². The molecule has 2 heterocycles. The number of hydrogen-bond donors (Lipinski definition) is 1. The Morgan fingerprint density at radius 1 is 1.00 bits per heavy atom. The maximum absolute atomic E-state index is 11.3. The summed E-state index contributed by atoms with van der Waals surface area (Å²) in [7, 11) is 0. The molecule has 4 nitrogen and oxygen atoms in total. The van der Waals surface area contributed by atoms with Crippen LogP contribution in [0.2, 0.25) is 0 Å². The van der Waals surface area contributed by atoms with Gasteiger partial charge in [-0.15, -0.1) is 0 Å². The van der Waals surface area contributed by atoms with E-state index in [0.29, 0.717) is 0 Å². The number of hydrogen-bond acceptors (Lipinski definition) is 3. The minimum atomic E-state index is -1.00. The number of rotatable bonds is 3. The molecule has 1 aliphatic heterocycles. The molecule has 1 aliphatic rings. The molecule has 0 aliphatic carbocycles. The van der Waals surface area contributed by atoms with Crippen LogP contribution in [-0.4, -0.2) is 29.1 Å². The molecule has 1 fully saturated rings. The maximum atomic E-state index is 11.3. The van der Waals surface area contributed by atoms with Crippen LogP contribution in [0.4, 0.5) is 5.69 Å². The lowest BCUT2D eigenvalue weighted by molar-refractivity contribution is 0.0691. The van der Waals surface area contributed by atoms with Crippen molar-refractivity contribution in [3.63, 3.8) is 0 Å². The lowest BCUT2D eigenvalue weighted by atomic mass is 10.0. The van der Waals surface area contributed by atoms with Gasteiger partial charge >= 0.3 is 5.97 Å². The lowest BCUT2D eigenvalue weighted by Gasteiger charge is -2.18. The third-order valence-electron chi connectivity index (χ3n) is 4.57. The van der Waals surface area contributed by atoms with Crippen LogP contribution in [-0.2, 0) is 0 Å². The number of carboxylic acids is 1. The van der Waals surface area contributed by atoms with E-state index in [9.17, 15) is 9.90 Å². The number of anilines is 1. The number of para-hydroxylation sites is 1. The van der Waals surface area contributed by atoms with Gasteiger partial charge < -0.3 is 10.0 Å². The normalized spacial score (nSPS) is 14.2. The van der Waals surface area contributed by atoms with Gasteiger partial charge in [-0.25, -0.2) is 9.78 Å². The molecule has 0 unspecified atom stereocenters. The van der Waals surface area contributed by atoms with Crippen molar-refractivity contribution in [1.82, 2.24) is 4.98 Å². The van der Waals surface area contributed by atoms with Crippen LogP contribution in [0.1, 0.15) is 23.3 Å². The van der Waals surface area contributed by atoms with E-state index >= 15 is 0 Å². The standard InChI is InChI=1S/C20H18N2O2/c23-20(24)18-10-9-14-5-4-8-17(19(14)21-18)15-6-3-7-16(13-15)22-11-1-2-12-22/h3-10,13H,1-2,11-12H2,(H,23,24). The van der Waals surface area contributed by atoms with Gasteiger partial charge in [0.1, 0.15) is 5.69 Å². The number of carboxylic acid groups (broad SMARTS) is 1. The van der Waals surface area contributed by atoms with Crippen molar-refractivity contribution in [2.24, 2.45) is 0 Å². The van der Waals surface area contributed by atoms with Crippen LogP contribution in [0.3, 0.4) is 0 Å². The van der Waals surface area contributed by atoms with Gasteiger partial charge in [-0.2, -0.15) is 0 Å². The summed E-state index contributed by atoms with van der Waals surface area (Å²) in [5, 5.41) is 10.2. The summed E-state index contributed by atoms with van der Waals surface area (Å²) >= 11 is 0. The molecule has 4 rings (SSSR count). The number of pyridine rings is 1. The second-order valence-electron chi connectivity index (χ2n) is 6.12. The van der Waals surface area contributed by atoms with Gasteiger partial charge in [0.2, 0.25) is 0 Å².